The summed E-state index contributed by atoms with van der Waals surface area (Å²) in [5, 5.41) is 24.1. The van der Waals surface area contributed by atoms with Crippen LogP contribution in [0.2, 0.25) is 0 Å². The molecule has 0 aliphatic heterocycles. The summed E-state index contributed by atoms with van der Waals surface area (Å²) in [7, 11) is 0. The van der Waals surface area contributed by atoms with Gasteiger partial charge in [-0.25, -0.2) is 18.4 Å². The molecule has 142 valence electrons. The van der Waals surface area contributed by atoms with Crippen LogP contribution in [-0.4, -0.2) is 49.8 Å². The minimum absolute atomic E-state index is 0.128. The Morgan fingerprint density at radius 3 is 3.11 bits per heavy atom. The average molecular weight is 393 g/mol. The topological polar surface area (TPSA) is 119 Å². The number of anilines is 1. The van der Waals surface area contributed by atoms with Crippen LogP contribution in [0.5, 0.6) is 0 Å². The molecule has 1 aliphatic carbocycles. The number of aromatic nitrogens is 4. The van der Waals surface area contributed by atoms with Crippen LogP contribution in [0, 0.1) is 5.82 Å². The summed E-state index contributed by atoms with van der Waals surface area (Å²) < 4.78 is 24.5. The number of aliphatic hydroxyl groups excluding tert-OH is 1. The fourth-order valence-electron chi connectivity index (χ4n) is 3.09. The summed E-state index contributed by atoms with van der Waals surface area (Å²) in [6, 6.07) is 4.06. The molecule has 0 amide bonds. The average Bonchev–Trinajstić information content (AvgIpc) is 3.23. The molecular formula is C16H16FN5O4S. The van der Waals surface area contributed by atoms with E-state index in [1.165, 1.54) is 28.5 Å². The quantitative estimate of drug-likeness (QED) is 0.612. The SMILES string of the molecule is CSCC(O)CNc1nonc1-c1noc(=O)n1[C@H]1Cc2ccc(F)cc21. The Hall–Kier alpha value is -2.66. The number of nitrogens with one attached hydrogen (secondary N) is 1. The maximum atomic E-state index is 13.6. The summed E-state index contributed by atoms with van der Waals surface area (Å²) in [4.78, 5) is 12.2. The minimum atomic E-state index is -0.679. The Labute approximate surface area is 156 Å². The number of aliphatic hydroxyl groups is 1. The van der Waals surface area contributed by atoms with E-state index in [9.17, 15) is 14.3 Å². The van der Waals surface area contributed by atoms with Crippen molar-refractivity contribution < 1.29 is 18.6 Å². The smallest absolute Gasteiger partial charge is 0.390 e. The van der Waals surface area contributed by atoms with Crippen LogP contribution in [0.15, 0.2) is 32.1 Å². The van der Waals surface area contributed by atoms with Gasteiger partial charge in [-0.3, -0.25) is 4.52 Å². The molecule has 0 bridgehead atoms. The fraction of sp³-hybridized carbons (Fsp3) is 0.375. The molecule has 27 heavy (non-hydrogen) atoms. The normalized spacial score (nSPS) is 16.6. The highest BCUT2D eigenvalue weighted by Crippen LogP contribution is 2.38. The summed E-state index contributed by atoms with van der Waals surface area (Å²) in [6.07, 6.45) is 1.84. The van der Waals surface area contributed by atoms with Gasteiger partial charge in [-0.15, -0.1) is 0 Å². The van der Waals surface area contributed by atoms with Crippen LogP contribution in [0.25, 0.3) is 11.5 Å². The molecule has 9 nitrogen and oxygen atoms in total. The molecule has 2 heterocycles. The van der Waals surface area contributed by atoms with Gasteiger partial charge in [-0.2, -0.15) is 11.8 Å². The van der Waals surface area contributed by atoms with E-state index in [1.54, 1.807) is 6.07 Å². The third-order valence-corrected chi connectivity index (χ3v) is 5.11. The van der Waals surface area contributed by atoms with Gasteiger partial charge in [0.2, 0.25) is 11.6 Å². The molecule has 2 aromatic heterocycles. The highest BCUT2D eigenvalue weighted by Gasteiger charge is 2.34. The second-order valence-corrected chi connectivity index (χ2v) is 7.07. The molecule has 3 aromatic rings. The maximum Gasteiger partial charge on any atom is 0.442 e. The highest BCUT2D eigenvalue weighted by atomic mass is 32.2. The molecule has 4 rings (SSSR count). The van der Waals surface area contributed by atoms with Gasteiger partial charge >= 0.3 is 5.76 Å². The van der Waals surface area contributed by atoms with E-state index in [2.05, 4.69) is 20.8 Å². The van der Waals surface area contributed by atoms with E-state index in [0.29, 0.717) is 17.7 Å². The van der Waals surface area contributed by atoms with Gasteiger partial charge < -0.3 is 10.4 Å². The van der Waals surface area contributed by atoms with Crippen molar-refractivity contribution in [1.82, 2.24) is 20.0 Å². The zero-order chi connectivity index (χ0) is 19.0. The van der Waals surface area contributed by atoms with Crippen LogP contribution < -0.4 is 11.1 Å². The number of benzene rings is 1. The molecule has 1 aliphatic rings. The van der Waals surface area contributed by atoms with Gasteiger partial charge in [0.15, 0.2) is 5.69 Å². The highest BCUT2D eigenvalue weighted by molar-refractivity contribution is 7.98. The van der Waals surface area contributed by atoms with Crippen molar-refractivity contribution in [2.75, 3.05) is 23.9 Å². The number of rotatable bonds is 7. The number of nitrogens with zero attached hydrogens (tertiary/aromatic N) is 4. The lowest BCUT2D eigenvalue weighted by atomic mass is 9.83. The van der Waals surface area contributed by atoms with Crippen LogP contribution >= 0.6 is 11.8 Å². The lowest BCUT2D eigenvalue weighted by Crippen LogP contribution is -2.31. The van der Waals surface area contributed by atoms with Crippen molar-refractivity contribution in [2.45, 2.75) is 18.6 Å². The van der Waals surface area contributed by atoms with E-state index in [0.717, 1.165) is 5.56 Å². The molecule has 0 fully saturated rings. The fourth-order valence-corrected chi connectivity index (χ4v) is 3.59. The predicted molar refractivity (Wildman–Crippen MR) is 95.2 cm³/mol. The van der Waals surface area contributed by atoms with E-state index < -0.39 is 17.9 Å². The molecule has 11 heteroatoms. The predicted octanol–water partition coefficient (Wildman–Crippen LogP) is 1.31. The maximum absolute atomic E-state index is 13.6. The van der Waals surface area contributed by atoms with Crippen molar-refractivity contribution in [3.8, 4) is 11.5 Å². The molecule has 2 N–H and O–H groups in total. The molecule has 0 saturated carbocycles. The minimum Gasteiger partial charge on any atom is -0.390 e. The van der Waals surface area contributed by atoms with Crippen molar-refractivity contribution in [2.24, 2.45) is 0 Å². The first-order valence-electron chi connectivity index (χ1n) is 8.18. The summed E-state index contributed by atoms with van der Waals surface area (Å²) in [5.41, 5.74) is 1.84. The van der Waals surface area contributed by atoms with Crippen molar-refractivity contribution >= 4 is 17.6 Å². The number of hydrogen-bond donors (Lipinski definition) is 2. The Morgan fingerprint density at radius 2 is 2.30 bits per heavy atom. The zero-order valence-electron chi connectivity index (χ0n) is 14.3. The molecular weight excluding hydrogens is 377 g/mol. The van der Waals surface area contributed by atoms with Crippen LogP contribution in [-0.2, 0) is 6.42 Å². The van der Waals surface area contributed by atoms with Crippen LogP contribution in [0.3, 0.4) is 0 Å². The first-order valence-corrected chi connectivity index (χ1v) is 9.58. The van der Waals surface area contributed by atoms with Gasteiger partial charge in [0.1, 0.15) is 5.82 Å². The van der Waals surface area contributed by atoms with E-state index in [4.69, 9.17) is 9.15 Å². The van der Waals surface area contributed by atoms with Crippen molar-refractivity contribution in [3.63, 3.8) is 0 Å². The lowest BCUT2D eigenvalue weighted by molar-refractivity contribution is 0.212. The Bertz CT molecular complexity index is 1020. The van der Waals surface area contributed by atoms with E-state index in [1.807, 2.05) is 6.26 Å². The lowest BCUT2D eigenvalue weighted by Gasteiger charge is -2.30. The summed E-state index contributed by atoms with van der Waals surface area (Å²) in [5.74, 6) is -0.148. The molecule has 2 atom stereocenters. The van der Waals surface area contributed by atoms with Crippen LogP contribution in [0.4, 0.5) is 10.2 Å². The van der Waals surface area contributed by atoms with Gasteiger partial charge in [0.05, 0.1) is 12.1 Å². The molecule has 1 aromatic carbocycles. The van der Waals surface area contributed by atoms with E-state index >= 15 is 0 Å². The van der Waals surface area contributed by atoms with Gasteiger partial charge in [0.25, 0.3) is 0 Å². The van der Waals surface area contributed by atoms with Gasteiger partial charge in [0, 0.05) is 12.3 Å². The van der Waals surface area contributed by atoms with Gasteiger partial charge in [-0.1, -0.05) is 11.2 Å². The Kier molecular flexibility index (Phi) is 4.70. The third kappa shape index (κ3) is 3.23. The summed E-state index contributed by atoms with van der Waals surface area (Å²) >= 11 is 1.51. The molecule has 0 saturated heterocycles. The largest absolute Gasteiger partial charge is 0.442 e. The van der Waals surface area contributed by atoms with E-state index in [-0.39, 0.29) is 29.7 Å². The Morgan fingerprint density at radius 1 is 1.44 bits per heavy atom. The number of halogens is 1. The first kappa shape index (κ1) is 17.7. The Balaban J connectivity index is 1.64. The number of thioether (sulfide) groups is 1. The molecule has 0 spiro atoms. The van der Waals surface area contributed by atoms with Gasteiger partial charge in [-0.05, 0) is 46.2 Å². The monoisotopic (exact) mass is 393 g/mol. The second-order valence-electron chi connectivity index (χ2n) is 6.16. The van der Waals surface area contributed by atoms with Crippen molar-refractivity contribution in [1.29, 1.82) is 0 Å². The first-order chi connectivity index (χ1) is 13.1. The van der Waals surface area contributed by atoms with Crippen molar-refractivity contribution in [3.05, 3.63) is 45.7 Å². The van der Waals surface area contributed by atoms with Crippen LogP contribution in [0.1, 0.15) is 17.2 Å². The number of fused-ring (bicyclic) bond motifs is 1. The zero-order valence-corrected chi connectivity index (χ0v) is 15.1. The second kappa shape index (κ2) is 7.16. The summed E-state index contributed by atoms with van der Waals surface area (Å²) in [6.45, 7) is 0.224. The molecule has 1 unspecified atom stereocenters. The standard InChI is InChI=1S/C16H16FN5O4S/c1-27-7-10(23)6-18-14-13(19-26-20-14)15-21-25-16(24)22(15)12-4-8-2-3-9(17)5-11(8)12/h2-3,5,10,12,23H,4,6-7H2,1H3,(H,18,20)/t10?,12-/m0/s1. The number of hydrogen-bond acceptors (Lipinski definition) is 9. The molecule has 0 radical (unpaired) electrons. The third-order valence-electron chi connectivity index (χ3n) is 4.39.